The lowest BCUT2D eigenvalue weighted by molar-refractivity contribution is -0.122. The fourth-order valence-electron chi connectivity index (χ4n) is 4.08. The molecule has 0 atom stereocenters. The minimum Gasteiger partial charge on any atom is -0.360 e. The fourth-order valence-corrected chi connectivity index (χ4v) is 5.30. The van der Waals surface area contributed by atoms with Crippen LogP contribution in [0.5, 0.6) is 0 Å². The summed E-state index contributed by atoms with van der Waals surface area (Å²) in [5.74, 6) is -0.788. The molecule has 0 saturated carbocycles. The second-order valence-electron chi connectivity index (χ2n) is 7.63. The van der Waals surface area contributed by atoms with E-state index < -0.39 is 5.91 Å². The molecular weight excluding hydrogens is 414 g/mol. The zero-order chi connectivity index (χ0) is 21.4. The summed E-state index contributed by atoms with van der Waals surface area (Å²) in [5, 5.41) is 1.48. The standard InChI is InChI=1S/C22H21N5O3S/c28-18(25-26-20(29)15-11-23-16-7-3-1-5-13(15)16)9-10-27-12-24-21-19(22(27)30)14-6-2-4-8-17(14)31-21/h1,3,5,7,11-12,23H,2,4,6,8-10H2,(H,25,28)(H,26,29). The lowest BCUT2D eigenvalue weighted by atomic mass is 9.97. The summed E-state index contributed by atoms with van der Waals surface area (Å²) in [6.45, 7) is 0.196. The number of rotatable bonds is 4. The van der Waals surface area contributed by atoms with E-state index in [9.17, 15) is 14.4 Å². The monoisotopic (exact) mass is 435 g/mol. The highest BCUT2D eigenvalue weighted by Crippen LogP contribution is 2.33. The van der Waals surface area contributed by atoms with E-state index in [0.717, 1.165) is 47.0 Å². The first kappa shape index (κ1) is 19.5. The van der Waals surface area contributed by atoms with E-state index in [4.69, 9.17) is 0 Å². The fraction of sp³-hybridized carbons (Fsp3) is 0.273. The smallest absolute Gasteiger partial charge is 0.271 e. The maximum Gasteiger partial charge on any atom is 0.271 e. The molecule has 9 heteroatoms. The van der Waals surface area contributed by atoms with Crippen LogP contribution in [0, 0.1) is 0 Å². The molecule has 0 spiro atoms. The minimum atomic E-state index is -0.407. The van der Waals surface area contributed by atoms with Gasteiger partial charge in [0, 0.05) is 34.9 Å². The van der Waals surface area contributed by atoms with Crippen LogP contribution in [0.15, 0.2) is 41.6 Å². The van der Waals surface area contributed by atoms with Crippen LogP contribution in [0.2, 0.25) is 0 Å². The molecule has 2 amide bonds. The number of thiophene rings is 1. The third-order valence-electron chi connectivity index (χ3n) is 5.67. The normalized spacial score (nSPS) is 13.3. The van der Waals surface area contributed by atoms with Gasteiger partial charge in [-0.15, -0.1) is 11.3 Å². The highest BCUT2D eigenvalue weighted by atomic mass is 32.1. The van der Waals surface area contributed by atoms with E-state index >= 15 is 0 Å². The van der Waals surface area contributed by atoms with Crippen LogP contribution in [-0.2, 0) is 24.2 Å². The maximum absolute atomic E-state index is 12.9. The van der Waals surface area contributed by atoms with Gasteiger partial charge in [-0.1, -0.05) is 18.2 Å². The van der Waals surface area contributed by atoms with E-state index in [1.807, 2.05) is 24.3 Å². The number of aromatic nitrogens is 3. The van der Waals surface area contributed by atoms with Crippen molar-refractivity contribution in [2.45, 2.75) is 38.6 Å². The van der Waals surface area contributed by atoms with Gasteiger partial charge < -0.3 is 4.98 Å². The van der Waals surface area contributed by atoms with Gasteiger partial charge in [0.05, 0.1) is 17.3 Å². The molecule has 5 rings (SSSR count). The number of fused-ring (bicyclic) bond motifs is 4. The molecule has 0 bridgehead atoms. The average Bonchev–Trinajstić information content (AvgIpc) is 3.39. The quantitative estimate of drug-likeness (QED) is 0.428. The molecule has 0 radical (unpaired) electrons. The number of amides is 2. The van der Waals surface area contributed by atoms with Crippen molar-refractivity contribution in [1.29, 1.82) is 0 Å². The van der Waals surface area contributed by atoms with Gasteiger partial charge in [-0.3, -0.25) is 29.8 Å². The number of benzene rings is 1. The Morgan fingerprint density at radius 3 is 2.90 bits per heavy atom. The lowest BCUT2D eigenvalue weighted by Crippen LogP contribution is -2.42. The van der Waals surface area contributed by atoms with Gasteiger partial charge in [0.2, 0.25) is 5.91 Å². The number of H-pyrrole nitrogens is 1. The van der Waals surface area contributed by atoms with Crippen molar-refractivity contribution in [2.24, 2.45) is 0 Å². The van der Waals surface area contributed by atoms with Gasteiger partial charge in [-0.2, -0.15) is 0 Å². The topological polar surface area (TPSA) is 109 Å². The molecule has 1 aliphatic rings. The molecule has 3 heterocycles. The Balaban J connectivity index is 1.23. The predicted octanol–water partition coefficient (Wildman–Crippen LogP) is 2.67. The largest absolute Gasteiger partial charge is 0.360 e. The van der Waals surface area contributed by atoms with Crippen LogP contribution >= 0.6 is 11.3 Å². The second-order valence-corrected chi connectivity index (χ2v) is 8.72. The van der Waals surface area contributed by atoms with Crippen molar-refractivity contribution < 1.29 is 9.59 Å². The van der Waals surface area contributed by atoms with Crippen molar-refractivity contribution in [3.8, 4) is 0 Å². The summed E-state index contributed by atoms with van der Waals surface area (Å²) >= 11 is 1.60. The summed E-state index contributed by atoms with van der Waals surface area (Å²) in [7, 11) is 0. The van der Waals surface area contributed by atoms with E-state index in [1.165, 1.54) is 15.8 Å². The third kappa shape index (κ3) is 3.61. The zero-order valence-electron chi connectivity index (χ0n) is 16.7. The van der Waals surface area contributed by atoms with Gasteiger partial charge in [0.25, 0.3) is 11.5 Å². The van der Waals surface area contributed by atoms with Crippen LogP contribution in [-0.4, -0.2) is 26.3 Å². The van der Waals surface area contributed by atoms with Crippen LogP contribution in [0.25, 0.3) is 21.1 Å². The summed E-state index contributed by atoms with van der Waals surface area (Å²) < 4.78 is 1.48. The van der Waals surface area contributed by atoms with Crippen LogP contribution < -0.4 is 16.4 Å². The Hall–Kier alpha value is -3.46. The van der Waals surface area contributed by atoms with Crippen LogP contribution in [0.1, 0.15) is 40.1 Å². The van der Waals surface area contributed by atoms with E-state index in [1.54, 1.807) is 17.5 Å². The van der Waals surface area contributed by atoms with Crippen molar-refractivity contribution in [3.05, 3.63) is 63.1 Å². The Bertz CT molecular complexity index is 1370. The Morgan fingerprint density at radius 2 is 2.00 bits per heavy atom. The molecule has 158 valence electrons. The first-order valence-electron chi connectivity index (χ1n) is 10.3. The number of aryl methyl sites for hydroxylation is 3. The Labute approximate surface area is 181 Å². The highest BCUT2D eigenvalue weighted by molar-refractivity contribution is 7.18. The summed E-state index contributed by atoms with van der Waals surface area (Å²) in [6, 6.07) is 7.43. The predicted molar refractivity (Wildman–Crippen MR) is 119 cm³/mol. The van der Waals surface area contributed by atoms with Crippen LogP contribution in [0.3, 0.4) is 0 Å². The molecule has 3 N–H and O–H groups in total. The molecule has 8 nitrogen and oxygen atoms in total. The number of nitrogens with zero attached hydrogens (tertiary/aromatic N) is 2. The van der Waals surface area contributed by atoms with Gasteiger partial charge in [-0.05, 0) is 37.3 Å². The van der Waals surface area contributed by atoms with Gasteiger partial charge in [0.1, 0.15) is 4.83 Å². The number of carbonyl (C=O) groups is 2. The maximum atomic E-state index is 12.9. The van der Waals surface area contributed by atoms with E-state index in [0.29, 0.717) is 10.9 Å². The number of nitrogens with one attached hydrogen (secondary N) is 3. The van der Waals surface area contributed by atoms with E-state index in [2.05, 4.69) is 20.8 Å². The molecule has 31 heavy (non-hydrogen) atoms. The third-order valence-corrected chi connectivity index (χ3v) is 6.87. The molecule has 4 aromatic rings. The Kier molecular flexibility index (Phi) is 5.03. The number of carbonyl (C=O) groups excluding carboxylic acids is 2. The SMILES string of the molecule is O=C(CCn1cnc2sc3c(c2c1=O)CCCC3)NNC(=O)c1c[nH]c2ccccc12. The number of para-hydroxylation sites is 1. The van der Waals surface area contributed by atoms with Gasteiger partial charge >= 0.3 is 0 Å². The van der Waals surface area contributed by atoms with Crippen molar-refractivity contribution in [2.75, 3.05) is 0 Å². The molecule has 0 unspecified atom stereocenters. The number of hydrazine groups is 1. The lowest BCUT2D eigenvalue weighted by Gasteiger charge is -2.11. The first-order chi connectivity index (χ1) is 15.1. The van der Waals surface area contributed by atoms with Crippen molar-refractivity contribution in [1.82, 2.24) is 25.4 Å². The first-order valence-corrected chi connectivity index (χ1v) is 11.1. The summed E-state index contributed by atoms with van der Waals surface area (Å²) in [5.41, 5.74) is 7.18. The summed E-state index contributed by atoms with van der Waals surface area (Å²) in [4.78, 5) is 47.1. The molecule has 3 aromatic heterocycles. The van der Waals surface area contributed by atoms with Gasteiger partial charge in [0.15, 0.2) is 0 Å². The number of hydrogen-bond acceptors (Lipinski definition) is 5. The molecule has 1 aromatic carbocycles. The van der Waals surface area contributed by atoms with Crippen LogP contribution in [0.4, 0.5) is 0 Å². The van der Waals surface area contributed by atoms with Crippen molar-refractivity contribution in [3.63, 3.8) is 0 Å². The van der Waals surface area contributed by atoms with Gasteiger partial charge in [-0.25, -0.2) is 4.98 Å². The molecule has 0 saturated heterocycles. The minimum absolute atomic E-state index is 0.0492. The average molecular weight is 436 g/mol. The van der Waals surface area contributed by atoms with E-state index in [-0.39, 0.29) is 24.4 Å². The number of aromatic amines is 1. The molecule has 1 aliphatic carbocycles. The van der Waals surface area contributed by atoms with Crippen molar-refractivity contribution >= 4 is 44.3 Å². The Morgan fingerprint density at radius 1 is 1.16 bits per heavy atom. The molecular formula is C22H21N5O3S. The summed E-state index contributed by atoms with van der Waals surface area (Å²) in [6.07, 6.45) is 7.32. The highest BCUT2D eigenvalue weighted by Gasteiger charge is 2.20. The molecule has 0 fully saturated rings. The zero-order valence-corrected chi connectivity index (χ0v) is 17.6. The second kappa shape index (κ2) is 7.99. The number of hydrogen-bond donors (Lipinski definition) is 3. The molecule has 0 aliphatic heterocycles.